The molecule has 1 aromatic rings. The van der Waals surface area contributed by atoms with E-state index in [-0.39, 0.29) is 11.5 Å². The van der Waals surface area contributed by atoms with Gasteiger partial charge in [0.25, 0.3) is 0 Å². The maximum atomic E-state index is 11.4. The number of aromatic carboxylic acids is 1. The van der Waals surface area contributed by atoms with Gasteiger partial charge in [0.05, 0.1) is 5.56 Å². The predicted molar refractivity (Wildman–Crippen MR) is 64.0 cm³/mol. The number of rotatable bonds is 6. The molecule has 0 saturated carbocycles. The summed E-state index contributed by atoms with van der Waals surface area (Å²) in [6.07, 6.45) is 4.65. The normalized spacial score (nSPS) is 9.94. The summed E-state index contributed by atoms with van der Waals surface area (Å²) in [5, 5.41) is 11.3. The highest BCUT2D eigenvalue weighted by atomic mass is 16.4. The highest BCUT2D eigenvalue weighted by Gasteiger charge is 2.05. The Balaban J connectivity index is 2.46. The van der Waals surface area contributed by atoms with Gasteiger partial charge >= 0.3 is 5.97 Å². The van der Waals surface area contributed by atoms with E-state index in [0.29, 0.717) is 12.2 Å². The van der Waals surface area contributed by atoms with Gasteiger partial charge in [0, 0.05) is 12.6 Å². The Morgan fingerprint density at radius 2 is 2.12 bits per heavy atom. The summed E-state index contributed by atoms with van der Waals surface area (Å²) in [6.45, 7) is 2.07. The van der Waals surface area contributed by atoms with Gasteiger partial charge < -0.3 is 10.4 Å². The Bertz CT molecular complexity index is 387. The predicted octanol–water partition coefficient (Wildman–Crippen LogP) is 2.30. The van der Waals surface area contributed by atoms with E-state index in [1.165, 1.54) is 18.3 Å². The van der Waals surface area contributed by atoms with E-state index in [2.05, 4.69) is 17.2 Å². The van der Waals surface area contributed by atoms with Crippen molar-refractivity contribution in [2.24, 2.45) is 0 Å². The first-order chi connectivity index (χ1) is 8.13. The first-order valence-electron chi connectivity index (χ1n) is 5.62. The number of nitrogens with one attached hydrogen (secondary N) is 1. The summed E-state index contributed by atoms with van der Waals surface area (Å²) in [5.41, 5.74) is 0.106. The first kappa shape index (κ1) is 13.2. The van der Waals surface area contributed by atoms with Crippen molar-refractivity contribution >= 4 is 17.7 Å². The molecule has 0 fully saturated rings. The summed E-state index contributed by atoms with van der Waals surface area (Å²) < 4.78 is 0. The van der Waals surface area contributed by atoms with Crippen molar-refractivity contribution in [3.63, 3.8) is 0 Å². The number of hydrogen-bond acceptors (Lipinski definition) is 3. The molecule has 0 unspecified atom stereocenters. The second kappa shape index (κ2) is 6.62. The highest BCUT2D eigenvalue weighted by molar-refractivity contribution is 5.91. The maximum absolute atomic E-state index is 11.4. The molecular formula is C12H16N2O3. The topological polar surface area (TPSA) is 79.3 Å². The van der Waals surface area contributed by atoms with Gasteiger partial charge in [-0.3, -0.25) is 4.79 Å². The van der Waals surface area contributed by atoms with Crippen LogP contribution in [0, 0.1) is 0 Å². The number of carbonyl (C=O) groups excluding carboxylic acids is 1. The Labute approximate surface area is 99.9 Å². The van der Waals surface area contributed by atoms with Gasteiger partial charge in [0.1, 0.15) is 5.82 Å². The summed E-state index contributed by atoms with van der Waals surface area (Å²) in [6, 6.07) is 2.90. The molecule has 2 N–H and O–H groups in total. The van der Waals surface area contributed by atoms with E-state index < -0.39 is 5.97 Å². The Hall–Kier alpha value is -1.91. The standard InChI is InChI=1S/C12H16N2O3/c1-2-3-4-5-11(15)14-10-7-6-9(8-13-10)12(16)17/h6-8H,2-5H2,1H3,(H,16,17)(H,13,14,15). The van der Waals surface area contributed by atoms with Crippen molar-refractivity contribution in [3.05, 3.63) is 23.9 Å². The number of pyridine rings is 1. The number of anilines is 1. The fourth-order valence-corrected chi connectivity index (χ4v) is 1.34. The zero-order valence-electron chi connectivity index (χ0n) is 9.77. The van der Waals surface area contributed by atoms with Crippen molar-refractivity contribution in [3.8, 4) is 0 Å². The molecule has 5 nitrogen and oxygen atoms in total. The molecule has 0 aliphatic rings. The lowest BCUT2D eigenvalue weighted by molar-refractivity contribution is -0.116. The van der Waals surface area contributed by atoms with E-state index >= 15 is 0 Å². The summed E-state index contributed by atoms with van der Waals surface area (Å²) in [7, 11) is 0. The summed E-state index contributed by atoms with van der Waals surface area (Å²) in [4.78, 5) is 25.9. The van der Waals surface area contributed by atoms with Gasteiger partial charge in [0.2, 0.25) is 5.91 Å². The minimum atomic E-state index is -1.03. The molecule has 0 bridgehead atoms. The van der Waals surface area contributed by atoms with Crippen LogP contribution < -0.4 is 5.32 Å². The molecule has 1 rings (SSSR count). The molecule has 5 heteroatoms. The maximum Gasteiger partial charge on any atom is 0.337 e. The van der Waals surface area contributed by atoms with Crippen molar-refractivity contribution in [2.75, 3.05) is 5.32 Å². The molecule has 92 valence electrons. The number of carboxylic acid groups (broad SMARTS) is 1. The third-order valence-electron chi connectivity index (χ3n) is 2.29. The van der Waals surface area contributed by atoms with Crippen LogP contribution in [0.4, 0.5) is 5.82 Å². The van der Waals surface area contributed by atoms with Gasteiger partial charge in [-0.15, -0.1) is 0 Å². The monoisotopic (exact) mass is 236 g/mol. The van der Waals surface area contributed by atoms with Crippen molar-refractivity contribution < 1.29 is 14.7 Å². The van der Waals surface area contributed by atoms with Crippen LogP contribution in [0.5, 0.6) is 0 Å². The Kier molecular flexibility index (Phi) is 5.13. The van der Waals surface area contributed by atoms with Crippen LogP contribution >= 0.6 is 0 Å². The molecule has 1 heterocycles. The average molecular weight is 236 g/mol. The summed E-state index contributed by atoms with van der Waals surface area (Å²) in [5.74, 6) is -0.733. The third-order valence-corrected chi connectivity index (χ3v) is 2.29. The van der Waals surface area contributed by atoms with E-state index in [0.717, 1.165) is 19.3 Å². The summed E-state index contributed by atoms with van der Waals surface area (Å²) >= 11 is 0. The quantitative estimate of drug-likeness (QED) is 0.743. The number of unbranched alkanes of at least 4 members (excludes halogenated alkanes) is 2. The Morgan fingerprint density at radius 1 is 1.35 bits per heavy atom. The number of hydrogen-bond donors (Lipinski definition) is 2. The number of amides is 1. The smallest absolute Gasteiger partial charge is 0.337 e. The van der Waals surface area contributed by atoms with Gasteiger partial charge in [0.15, 0.2) is 0 Å². The highest BCUT2D eigenvalue weighted by Crippen LogP contribution is 2.07. The zero-order valence-corrected chi connectivity index (χ0v) is 9.77. The lowest BCUT2D eigenvalue weighted by atomic mass is 10.2. The molecule has 0 aromatic carbocycles. The zero-order chi connectivity index (χ0) is 12.7. The van der Waals surface area contributed by atoms with Crippen LogP contribution in [0.1, 0.15) is 43.0 Å². The lowest BCUT2D eigenvalue weighted by Gasteiger charge is -2.04. The average Bonchev–Trinajstić information content (AvgIpc) is 2.30. The van der Waals surface area contributed by atoms with Crippen molar-refractivity contribution in [1.29, 1.82) is 0 Å². The first-order valence-corrected chi connectivity index (χ1v) is 5.62. The number of nitrogens with zero attached hydrogens (tertiary/aromatic N) is 1. The van der Waals surface area contributed by atoms with Crippen LogP contribution in [-0.2, 0) is 4.79 Å². The SMILES string of the molecule is CCCCCC(=O)Nc1ccc(C(=O)O)cn1. The van der Waals surface area contributed by atoms with Crippen LogP contribution in [0.2, 0.25) is 0 Å². The largest absolute Gasteiger partial charge is 0.478 e. The lowest BCUT2D eigenvalue weighted by Crippen LogP contribution is -2.12. The minimum absolute atomic E-state index is 0.0889. The molecule has 0 saturated heterocycles. The van der Waals surface area contributed by atoms with E-state index in [4.69, 9.17) is 5.11 Å². The van der Waals surface area contributed by atoms with Crippen molar-refractivity contribution in [2.45, 2.75) is 32.6 Å². The molecule has 0 spiro atoms. The van der Waals surface area contributed by atoms with Crippen LogP contribution in [0.3, 0.4) is 0 Å². The molecular weight excluding hydrogens is 220 g/mol. The molecule has 17 heavy (non-hydrogen) atoms. The molecule has 1 aromatic heterocycles. The van der Waals surface area contributed by atoms with Crippen LogP contribution in [-0.4, -0.2) is 22.0 Å². The number of carbonyl (C=O) groups is 2. The number of carboxylic acids is 1. The third kappa shape index (κ3) is 4.63. The van der Waals surface area contributed by atoms with E-state index in [1.54, 1.807) is 0 Å². The molecule has 0 radical (unpaired) electrons. The second-order valence-corrected chi connectivity index (χ2v) is 3.74. The van der Waals surface area contributed by atoms with Gasteiger partial charge in [-0.1, -0.05) is 19.8 Å². The van der Waals surface area contributed by atoms with Crippen LogP contribution in [0.15, 0.2) is 18.3 Å². The van der Waals surface area contributed by atoms with Gasteiger partial charge in [-0.2, -0.15) is 0 Å². The van der Waals surface area contributed by atoms with Gasteiger partial charge in [-0.25, -0.2) is 9.78 Å². The molecule has 0 aliphatic heterocycles. The number of aromatic nitrogens is 1. The Morgan fingerprint density at radius 3 is 2.65 bits per heavy atom. The molecule has 0 aliphatic carbocycles. The molecule has 1 amide bonds. The fraction of sp³-hybridized carbons (Fsp3) is 0.417. The van der Waals surface area contributed by atoms with Gasteiger partial charge in [-0.05, 0) is 18.6 Å². The van der Waals surface area contributed by atoms with Crippen LogP contribution in [0.25, 0.3) is 0 Å². The van der Waals surface area contributed by atoms with E-state index in [9.17, 15) is 9.59 Å². The second-order valence-electron chi connectivity index (χ2n) is 3.74. The fourth-order valence-electron chi connectivity index (χ4n) is 1.34. The minimum Gasteiger partial charge on any atom is -0.478 e. The van der Waals surface area contributed by atoms with Crippen molar-refractivity contribution in [1.82, 2.24) is 4.98 Å². The molecule has 0 atom stereocenters. The van der Waals surface area contributed by atoms with E-state index in [1.807, 2.05) is 0 Å².